The Balaban J connectivity index is 0.00000137. The summed E-state index contributed by atoms with van der Waals surface area (Å²) in [6, 6.07) is 1.27. The van der Waals surface area contributed by atoms with Crippen LogP contribution in [0.2, 0.25) is 0 Å². The maximum absolute atomic E-state index is 12.6. The highest BCUT2D eigenvalue weighted by molar-refractivity contribution is 7.90. The Labute approximate surface area is 107 Å². The van der Waals surface area contributed by atoms with E-state index in [-0.39, 0.29) is 10.8 Å². The van der Waals surface area contributed by atoms with E-state index >= 15 is 0 Å². The van der Waals surface area contributed by atoms with Gasteiger partial charge in [0, 0.05) is 12.5 Å². The Morgan fingerprint density at radius 1 is 1.22 bits per heavy atom. The van der Waals surface area contributed by atoms with Gasteiger partial charge in [-0.3, -0.25) is 4.98 Å². The predicted octanol–water partition coefficient (Wildman–Crippen LogP) is 3.57. The van der Waals surface area contributed by atoms with Gasteiger partial charge in [-0.05, 0) is 17.5 Å². The van der Waals surface area contributed by atoms with Gasteiger partial charge in [0.25, 0.3) is 6.43 Å². The van der Waals surface area contributed by atoms with Crippen molar-refractivity contribution in [1.29, 1.82) is 0 Å². The Hall–Kier alpha value is -1.04. The van der Waals surface area contributed by atoms with Gasteiger partial charge in [0.05, 0.1) is 4.90 Å². The number of halogens is 2. The first-order valence-electron chi connectivity index (χ1n) is 5.71. The number of nitrogens with zero attached hydrogens (tertiary/aromatic N) is 1. The molecule has 3 nitrogen and oxygen atoms in total. The largest absolute Gasteiger partial charge is 0.281 e. The number of pyridine rings is 1. The summed E-state index contributed by atoms with van der Waals surface area (Å²) in [6.07, 6.45) is -0.688. The van der Waals surface area contributed by atoms with Crippen LogP contribution in [-0.2, 0) is 9.84 Å². The first kappa shape index (κ1) is 17.0. The van der Waals surface area contributed by atoms with E-state index < -0.39 is 22.0 Å². The molecule has 0 atom stereocenters. The summed E-state index contributed by atoms with van der Waals surface area (Å²) >= 11 is 0. The average Bonchev–Trinajstić information content (AvgIpc) is 2.29. The fraction of sp³-hybridized carbons (Fsp3) is 0.583. The molecule has 0 amide bonds. The van der Waals surface area contributed by atoms with E-state index in [4.69, 9.17) is 0 Å². The van der Waals surface area contributed by atoms with Crippen molar-refractivity contribution in [2.24, 2.45) is 0 Å². The van der Waals surface area contributed by atoms with E-state index in [9.17, 15) is 17.2 Å². The van der Waals surface area contributed by atoms with Crippen molar-refractivity contribution in [2.75, 3.05) is 6.26 Å². The van der Waals surface area contributed by atoms with E-state index in [0.29, 0.717) is 5.56 Å². The molecule has 1 heterocycles. The van der Waals surface area contributed by atoms with Crippen LogP contribution in [0.1, 0.15) is 51.3 Å². The lowest BCUT2D eigenvalue weighted by Crippen LogP contribution is -2.07. The fourth-order valence-corrected chi connectivity index (χ4v) is 2.12. The second-order valence-corrected chi connectivity index (χ2v) is 5.86. The number of aromatic nitrogens is 1. The molecule has 0 N–H and O–H groups in total. The van der Waals surface area contributed by atoms with Crippen LogP contribution in [0.15, 0.2) is 17.2 Å². The minimum Gasteiger partial charge on any atom is -0.254 e. The summed E-state index contributed by atoms with van der Waals surface area (Å²) in [7, 11) is -3.68. The molecular formula is C12H19F2NO2S. The molecular weight excluding hydrogens is 260 g/mol. The zero-order valence-electron chi connectivity index (χ0n) is 11.2. The van der Waals surface area contributed by atoms with Gasteiger partial charge < -0.3 is 0 Å². The molecule has 0 saturated heterocycles. The summed E-state index contributed by atoms with van der Waals surface area (Å²) < 4.78 is 47.8. The quantitative estimate of drug-likeness (QED) is 0.849. The standard InChI is InChI=1S/C10H13F2NO2S.C2H6/c1-6(2)7-4-8(16(3,14)15)9(10(11)12)13-5-7;1-2/h4-6,10H,1-3H3;1-2H3. The molecule has 1 rings (SSSR count). The van der Waals surface area contributed by atoms with Gasteiger partial charge in [-0.15, -0.1) is 0 Å². The minimum atomic E-state index is -3.68. The minimum absolute atomic E-state index is 0.0414. The zero-order valence-corrected chi connectivity index (χ0v) is 12.1. The highest BCUT2D eigenvalue weighted by Gasteiger charge is 2.22. The molecule has 0 unspecified atom stereocenters. The van der Waals surface area contributed by atoms with Crippen molar-refractivity contribution >= 4 is 9.84 Å². The lowest BCUT2D eigenvalue weighted by molar-refractivity contribution is 0.142. The first-order valence-corrected chi connectivity index (χ1v) is 7.60. The van der Waals surface area contributed by atoms with Crippen LogP contribution in [-0.4, -0.2) is 19.7 Å². The van der Waals surface area contributed by atoms with E-state index in [1.807, 2.05) is 27.7 Å². The molecule has 0 bridgehead atoms. The predicted molar refractivity (Wildman–Crippen MR) is 67.7 cm³/mol. The molecule has 18 heavy (non-hydrogen) atoms. The van der Waals surface area contributed by atoms with E-state index in [0.717, 1.165) is 6.26 Å². The molecule has 0 aliphatic rings. The summed E-state index contributed by atoms with van der Waals surface area (Å²) in [4.78, 5) is 3.16. The van der Waals surface area contributed by atoms with Crippen molar-refractivity contribution in [3.05, 3.63) is 23.5 Å². The van der Waals surface area contributed by atoms with Crippen molar-refractivity contribution in [2.45, 2.75) is 44.9 Å². The van der Waals surface area contributed by atoms with Crippen molar-refractivity contribution in [3.63, 3.8) is 0 Å². The van der Waals surface area contributed by atoms with Crippen LogP contribution in [0.4, 0.5) is 8.78 Å². The third-order valence-electron chi connectivity index (χ3n) is 2.18. The van der Waals surface area contributed by atoms with Crippen LogP contribution in [0, 0.1) is 0 Å². The maximum Gasteiger partial charge on any atom is 0.281 e. The number of hydrogen-bond donors (Lipinski definition) is 0. The maximum atomic E-state index is 12.6. The molecule has 0 aliphatic heterocycles. The highest BCUT2D eigenvalue weighted by atomic mass is 32.2. The zero-order chi connectivity index (χ0) is 14.5. The lowest BCUT2D eigenvalue weighted by atomic mass is 10.1. The lowest BCUT2D eigenvalue weighted by Gasteiger charge is -2.10. The molecule has 6 heteroatoms. The van der Waals surface area contributed by atoms with Crippen molar-refractivity contribution < 1.29 is 17.2 Å². The van der Waals surface area contributed by atoms with Gasteiger partial charge in [0.15, 0.2) is 9.84 Å². The summed E-state index contributed by atoms with van der Waals surface area (Å²) in [5.74, 6) is 0.0414. The van der Waals surface area contributed by atoms with Crippen LogP contribution in [0.3, 0.4) is 0 Å². The number of sulfone groups is 1. The monoisotopic (exact) mass is 279 g/mol. The van der Waals surface area contributed by atoms with Crippen LogP contribution >= 0.6 is 0 Å². The van der Waals surface area contributed by atoms with Gasteiger partial charge >= 0.3 is 0 Å². The Bertz CT molecular complexity index is 485. The Kier molecular flexibility index (Phi) is 6.38. The van der Waals surface area contributed by atoms with Crippen LogP contribution in [0.25, 0.3) is 0 Å². The molecule has 0 saturated carbocycles. The molecule has 0 fully saturated rings. The Morgan fingerprint density at radius 2 is 1.72 bits per heavy atom. The number of alkyl halides is 2. The van der Waals surface area contributed by atoms with Crippen LogP contribution in [0.5, 0.6) is 0 Å². The van der Waals surface area contributed by atoms with E-state index in [1.165, 1.54) is 12.3 Å². The van der Waals surface area contributed by atoms with Crippen LogP contribution < -0.4 is 0 Å². The van der Waals surface area contributed by atoms with E-state index in [2.05, 4.69) is 4.98 Å². The van der Waals surface area contributed by atoms with E-state index in [1.54, 1.807) is 0 Å². The van der Waals surface area contributed by atoms with Gasteiger partial charge in [-0.25, -0.2) is 17.2 Å². The summed E-state index contributed by atoms with van der Waals surface area (Å²) in [6.45, 7) is 7.68. The molecule has 0 aliphatic carbocycles. The fourth-order valence-electron chi connectivity index (χ4n) is 1.25. The van der Waals surface area contributed by atoms with Gasteiger partial charge in [-0.1, -0.05) is 27.7 Å². The summed E-state index contributed by atoms with van der Waals surface area (Å²) in [5, 5.41) is 0. The third-order valence-corrected chi connectivity index (χ3v) is 3.30. The molecule has 0 spiro atoms. The average molecular weight is 279 g/mol. The molecule has 104 valence electrons. The van der Waals surface area contributed by atoms with Gasteiger partial charge in [0.2, 0.25) is 0 Å². The molecule has 0 aromatic carbocycles. The molecule has 1 aromatic rings. The molecule has 0 radical (unpaired) electrons. The van der Waals surface area contributed by atoms with Gasteiger partial charge in [0.1, 0.15) is 5.69 Å². The molecule has 1 aromatic heterocycles. The third kappa shape index (κ3) is 4.33. The second kappa shape index (κ2) is 6.78. The Morgan fingerprint density at radius 3 is 2.06 bits per heavy atom. The normalized spacial score (nSPS) is 11.4. The van der Waals surface area contributed by atoms with Crippen molar-refractivity contribution in [1.82, 2.24) is 4.98 Å². The smallest absolute Gasteiger partial charge is 0.254 e. The highest BCUT2D eigenvalue weighted by Crippen LogP contribution is 2.27. The summed E-state index contributed by atoms with van der Waals surface area (Å²) in [5.41, 5.74) is -0.0447. The second-order valence-electron chi connectivity index (χ2n) is 3.88. The SMILES string of the molecule is CC.CC(C)c1cnc(C(F)F)c(S(C)(=O)=O)c1. The topological polar surface area (TPSA) is 47.0 Å². The number of hydrogen-bond acceptors (Lipinski definition) is 3. The first-order chi connectivity index (χ1) is 8.23. The van der Waals surface area contributed by atoms with Crippen molar-refractivity contribution in [3.8, 4) is 0 Å². The number of rotatable bonds is 3. The van der Waals surface area contributed by atoms with Gasteiger partial charge in [-0.2, -0.15) is 0 Å².